The second-order valence-electron chi connectivity index (χ2n) is 16.9. The SMILES string of the molecule is CC1(C)c2ccccc2-c2ccc(N(c3cccc(-c4ccccc4)c3)c3cccc(-c4ccc5c(c4)sc4ccccc45)c3-c3cc4ccccc4c4ccccc34)cc21. The molecule has 0 atom stereocenters. The third-order valence-corrected chi connectivity index (χ3v) is 14.2. The molecule has 0 radical (unpaired) electrons. The molecule has 1 heterocycles. The maximum Gasteiger partial charge on any atom is 0.0546 e. The molecular formula is C59H41NS. The second-order valence-corrected chi connectivity index (χ2v) is 17.9. The van der Waals surface area contributed by atoms with Gasteiger partial charge in [-0.1, -0.05) is 178 Å². The van der Waals surface area contributed by atoms with Gasteiger partial charge in [0.15, 0.2) is 0 Å². The standard InChI is InChI=1S/C59H41NS/c1-59(2)53-27-12-10-24-48(53)49-33-31-43(37-54(49)59)60(42-20-14-19-39(34-42)38-16-4-3-5-17-38)55-28-15-26-45(41-30-32-51-50-25-11-13-29-56(50)61-57(51)36-41)58(55)52-35-40-18-6-7-21-44(40)46-22-8-9-23-47(46)52/h3-37H,1-2H3. The molecule has 11 aromatic rings. The van der Waals surface area contributed by atoms with E-state index in [4.69, 9.17) is 0 Å². The number of hydrogen-bond donors (Lipinski definition) is 0. The molecule has 288 valence electrons. The lowest BCUT2D eigenvalue weighted by molar-refractivity contribution is 0.660. The van der Waals surface area contributed by atoms with Crippen molar-refractivity contribution in [2.75, 3.05) is 4.90 Å². The zero-order valence-electron chi connectivity index (χ0n) is 34.1. The highest BCUT2D eigenvalue weighted by Crippen LogP contribution is 2.53. The second kappa shape index (κ2) is 13.9. The molecule has 1 aliphatic rings. The summed E-state index contributed by atoms with van der Waals surface area (Å²) >= 11 is 1.88. The van der Waals surface area contributed by atoms with E-state index in [2.05, 4.69) is 231 Å². The van der Waals surface area contributed by atoms with Gasteiger partial charge in [0.25, 0.3) is 0 Å². The van der Waals surface area contributed by atoms with Crippen molar-refractivity contribution in [3.05, 3.63) is 223 Å². The van der Waals surface area contributed by atoms with Crippen LogP contribution in [-0.4, -0.2) is 0 Å². The molecular weight excluding hydrogens is 755 g/mol. The van der Waals surface area contributed by atoms with Crippen molar-refractivity contribution in [2.24, 2.45) is 0 Å². The number of anilines is 3. The number of thiophene rings is 1. The van der Waals surface area contributed by atoms with Crippen LogP contribution in [0.2, 0.25) is 0 Å². The number of nitrogens with zero attached hydrogens (tertiary/aromatic N) is 1. The normalized spacial score (nSPS) is 12.9. The molecule has 0 unspecified atom stereocenters. The molecule has 1 aliphatic carbocycles. The predicted octanol–water partition coefficient (Wildman–Crippen LogP) is 17.1. The summed E-state index contributed by atoms with van der Waals surface area (Å²) in [5, 5.41) is 7.60. The summed E-state index contributed by atoms with van der Waals surface area (Å²) in [6, 6.07) is 78.9. The Hall–Kier alpha value is -7.26. The van der Waals surface area contributed by atoms with Crippen LogP contribution in [-0.2, 0) is 5.41 Å². The lowest BCUT2D eigenvalue weighted by atomic mass is 9.82. The molecule has 2 heteroatoms. The minimum atomic E-state index is -0.154. The Kier molecular flexibility index (Phi) is 8.13. The van der Waals surface area contributed by atoms with E-state index in [0.29, 0.717) is 0 Å². The molecule has 0 aliphatic heterocycles. The van der Waals surface area contributed by atoms with Crippen LogP contribution < -0.4 is 4.90 Å². The van der Waals surface area contributed by atoms with Crippen molar-refractivity contribution in [1.82, 2.24) is 0 Å². The molecule has 1 nitrogen and oxygen atoms in total. The first-order chi connectivity index (χ1) is 30.0. The molecule has 0 bridgehead atoms. The number of hydrogen-bond acceptors (Lipinski definition) is 2. The Morgan fingerprint density at radius 3 is 1.90 bits per heavy atom. The third-order valence-electron chi connectivity index (χ3n) is 13.0. The first-order valence-corrected chi connectivity index (χ1v) is 22.0. The molecule has 0 spiro atoms. The van der Waals surface area contributed by atoms with Gasteiger partial charge in [-0.15, -0.1) is 11.3 Å². The largest absolute Gasteiger partial charge is 0.310 e. The molecule has 12 rings (SSSR count). The number of benzene rings is 10. The fourth-order valence-electron chi connectivity index (χ4n) is 10.1. The van der Waals surface area contributed by atoms with E-state index >= 15 is 0 Å². The Morgan fingerprint density at radius 2 is 1.02 bits per heavy atom. The summed E-state index contributed by atoms with van der Waals surface area (Å²) in [6.07, 6.45) is 0. The lowest BCUT2D eigenvalue weighted by Crippen LogP contribution is -2.17. The predicted molar refractivity (Wildman–Crippen MR) is 263 cm³/mol. The summed E-state index contributed by atoms with van der Waals surface area (Å²) in [4.78, 5) is 2.52. The average molecular weight is 796 g/mol. The van der Waals surface area contributed by atoms with Gasteiger partial charge in [0.2, 0.25) is 0 Å². The zero-order chi connectivity index (χ0) is 40.7. The monoisotopic (exact) mass is 795 g/mol. The highest BCUT2D eigenvalue weighted by molar-refractivity contribution is 7.25. The average Bonchev–Trinajstić information content (AvgIpc) is 3.80. The summed E-state index contributed by atoms with van der Waals surface area (Å²) in [6.45, 7) is 4.75. The maximum atomic E-state index is 2.52. The summed E-state index contributed by atoms with van der Waals surface area (Å²) in [5.41, 5.74) is 15.8. The zero-order valence-corrected chi connectivity index (χ0v) is 34.9. The summed E-state index contributed by atoms with van der Waals surface area (Å²) in [5.74, 6) is 0. The van der Waals surface area contributed by atoms with Crippen LogP contribution in [0.25, 0.3) is 86.2 Å². The van der Waals surface area contributed by atoms with Crippen LogP contribution >= 0.6 is 11.3 Å². The third kappa shape index (κ3) is 5.67. The molecule has 61 heavy (non-hydrogen) atoms. The van der Waals surface area contributed by atoms with Crippen molar-refractivity contribution < 1.29 is 0 Å². The summed E-state index contributed by atoms with van der Waals surface area (Å²) in [7, 11) is 0. The Balaban J connectivity index is 1.18. The smallest absolute Gasteiger partial charge is 0.0546 e. The minimum Gasteiger partial charge on any atom is -0.310 e. The first kappa shape index (κ1) is 35.7. The highest BCUT2D eigenvalue weighted by atomic mass is 32.1. The van der Waals surface area contributed by atoms with E-state index in [1.54, 1.807) is 0 Å². The van der Waals surface area contributed by atoms with Crippen molar-refractivity contribution in [1.29, 1.82) is 0 Å². The topological polar surface area (TPSA) is 3.24 Å². The quantitative estimate of drug-likeness (QED) is 0.152. The number of rotatable bonds is 6. The van der Waals surface area contributed by atoms with Crippen molar-refractivity contribution in [2.45, 2.75) is 19.3 Å². The molecule has 0 fully saturated rings. The molecule has 0 amide bonds. The van der Waals surface area contributed by atoms with Gasteiger partial charge in [0, 0.05) is 42.5 Å². The van der Waals surface area contributed by atoms with Gasteiger partial charge in [-0.05, 0) is 120 Å². The van der Waals surface area contributed by atoms with Crippen molar-refractivity contribution >= 4 is 70.1 Å². The number of fused-ring (bicyclic) bond motifs is 9. The van der Waals surface area contributed by atoms with Gasteiger partial charge in [0.1, 0.15) is 0 Å². The van der Waals surface area contributed by atoms with Gasteiger partial charge < -0.3 is 4.90 Å². The lowest BCUT2D eigenvalue weighted by Gasteiger charge is -2.31. The molecule has 0 saturated heterocycles. The van der Waals surface area contributed by atoms with E-state index in [1.807, 2.05) is 11.3 Å². The Bertz CT molecular complexity index is 3520. The fourth-order valence-corrected chi connectivity index (χ4v) is 11.3. The van der Waals surface area contributed by atoms with Gasteiger partial charge in [-0.2, -0.15) is 0 Å². The van der Waals surface area contributed by atoms with Crippen molar-refractivity contribution in [3.8, 4) is 44.5 Å². The van der Waals surface area contributed by atoms with Crippen LogP contribution in [0.3, 0.4) is 0 Å². The molecule has 10 aromatic carbocycles. The highest BCUT2D eigenvalue weighted by Gasteiger charge is 2.36. The van der Waals surface area contributed by atoms with Crippen LogP contribution in [0.1, 0.15) is 25.0 Å². The van der Waals surface area contributed by atoms with E-state index in [1.165, 1.54) is 97.4 Å². The minimum absolute atomic E-state index is 0.154. The molecule has 0 saturated carbocycles. The van der Waals surface area contributed by atoms with Crippen LogP contribution in [0.4, 0.5) is 17.1 Å². The summed E-state index contributed by atoms with van der Waals surface area (Å²) < 4.78 is 2.61. The first-order valence-electron chi connectivity index (χ1n) is 21.2. The van der Waals surface area contributed by atoms with Crippen molar-refractivity contribution in [3.63, 3.8) is 0 Å². The van der Waals surface area contributed by atoms with Gasteiger partial charge in [-0.25, -0.2) is 0 Å². The fraction of sp³-hybridized carbons (Fsp3) is 0.0508. The van der Waals surface area contributed by atoms with Gasteiger partial charge in [-0.3, -0.25) is 0 Å². The van der Waals surface area contributed by atoms with Gasteiger partial charge >= 0.3 is 0 Å². The van der Waals surface area contributed by atoms with Crippen LogP contribution in [0, 0.1) is 0 Å². The van der Waals surface area contributed by atoms with Gasteiger partial charge in [0.05, 0.1) is 5.69 Å². The van der Waals surface area contributed by atoms with E-state index < -0.39 is 0 Å². The van der Waals surface area contributed by atoms with Crippen LogP contribution in [0.15, 0.2) is 212 Å². The van der Waals surface area contributed by atoms with E-state index in [9.17, 15) is 0 Å². The molecule has 0 N–H and O–H groups in total. The Labute approximate surface area is 360 Å². The van der Waals surface area contributed by atoms with Crippen LogP contribution in [0.5, 0.6) is 0 Å². The Morgan fingerprint density at radius 1 is 0.361 bits per heavy atom. The van der Waals surface area contributed by atoms with E-state index in [-0.39, 0.29) is 5.41 Å². The van der Waals surface area contributed by atoms with E-state index in [0.717, 1.165) is 17.1 Å². The maximum absolute atomic E-state index is 2.52. The molecule has 1 aromatic heterocycles.